The number of hydrogen-bond donors (Lipinski definition) is 0. The molecule has 1 saturated heterocycles. The minimum absolute atomic E-state index is 0.0958. The van der Waals surface area contributed by atoms with Crippen molar-refractivity contribution in [2.75, 3.05) is 39.6 Å². The Bertz CT molecular complexity index is 1330. The van der Waals surface area contributed by atoms with E-state index in [2.05, 4.69) is 94.2 Å². The lowest BCUT2D eigenvalue weighted by Crippen LogP contribution is -2.46. The van der Waals surface area contributed by atoms with Crippen LogP contribution in [-0.2, 0) is 19.0 Å². The Balaban J connectivity index is 1.16. The number of unbranched alkanes of at least 4 members (excludes halogenated alkanes) is 1. The van der Waals surface area contributed by atoms with Gasteiger partial charge in [-0.1, -0.05) is 125 Å². The number of hydrogen-bond acceptors (Lipinski definition) is 5. The minimum Gasteiger partial charge on any atom is -0.493 e. The second-order valence-corrected chi connectivity index (χ2v) is 17.7. The van der Waals surface area contributed by atoms with Crippen molar-refractivity contribution in [2.45, 2.75) is 65.1 Å². The van der Waals surface area contributed by atoms with Crippen molar-refractivity contribution in [3.63, 3.8) is 0 Å². The van der Waals surface area contributed by atoms with Crippen LogP contribution < -0.4 is 9.92 Å². The topological polar surface area (TPSA) is 54.0 Å². The lowest BCUT2D eigenvalue weighted by molar-refractivity contribution is -0.153. The van der Waals surface area contributed by atoms with Crippen molar-refractivity contribution in [3.05, 3.63) is 84.9 Å². The molecule has 6 heteroatoms. The Morgan fingerprint density at radius 2 is 1.39 bits per heavy atom. The van der Waals surface area contributed by atoms with Gasteiger partial charge in [0.15, 0.2) is 0 Å². The van der Waals surface area contributed by atoms with Crippen molar-refractivity contribution in [1.82, 2.24) is 0 Å². The Morgan fingerprint density at radius 3 is 1.91 bits per heavy atom. The van der Waals surface area contributed by atoms with E-state index in [1.54, 1.807) is 0 Å². The second-order valence-electron chi connectivity index (χ2n) is 12.8. The smallest absolute Gasteiger partial charge is 0.335 e. The molecule has 0 saturated carbocycles. The summed E-state index contributed by atoms with van der Waals surface area (Å²) in [4.78, 5) is 12.2. The zero-order valence-electron chi connectivity index (χ0n) is 27.2. The molecule has 0 unspecified atom stereocenters. The number of benzene rings is 3. The quantitative estimate of drug-likeness (QED) is 0.0623. The maximum absolute atomic E-state index is 12.2. The summed E-state index contributed by atoms with van der Waals surface area (Å²) in [6, 6.07) is 27.5. The van der Waals surface area contributed by atoms with Crippen molar-refractivity contribution in [3.8, 4) is 28.0 Å². The summed E-state index contributed by atoms with van der Waals surface area (Å²) in [5.41, 5.74) is 5.23. The predicted molar refractivity (Wildman–Crippen MR) is 183 cm³/mol. The zero-order valence-corrected chi connectivity index (χ0v) is 28.2. The van der Waals surface area contributed by atoms with Crippen LogP contribution in [0.4, 0.5) is 0 Å². The molecule has 0 bridgehead atoms. The normalized spacial score (nSPS) is 14.1. The molecule has 1 aliphatic heterocycles. The van der Waals surface area contributed by atoms with E-state index in [1.165, 1.54) is 40.8 Å². The van der Waals surface area contributed by atoms with E-state index < -0.39 is 14.0 Å². The van der Waals surface area contributed by atoms with Gasteiger partial charge in [-0.2, -0.15) is 0 Å². The number of carbonyl (C=O) groups excluding carboxylic acids is 1. The van der Waals surface area contributed by atoms with Crippen LogP contribution in [0.3, 0.4) is 0 Å². The first kappa shape index (κ1) is 33.7. The molecule has 0 aliphatic carbocycles. The van der Waals surface area contributed by atoms with Crippen LogP contribution in [0, 0.1) is 5.41 Å². The monoisotopic (exact) mass is 614 g/mol. The lowest BCUT2D eigenvalue weighted by atomic mass is 9.82. The van der Waals surface area contributed by atoms with Gasteiger partial charge < -0.3 is 18.9 Å². The highest BCUT2D eigenvalue weighted by Gasteiger charge is 2.38. The number of rotatable bonds is 18. The van der Waals surface area contributed by atoms with Crippen LogP contribution in [0.5, 0.6) is 5.75 Å². The van der Waals surface area contributed by atoms with Gasteiger partial charge >= 0.3 is 5.97 Å². The van der Waals surface area contributed by atoms with Gasteiger partial charge in [-0.05, 0) is 40.8 Å². The largest absolute Gasteiger partial charge is 0.493 e. The highest BCUT2D eigenvalue weighted by molar-refractivity contribution is 6.89. The molecule has 0 N–H and O–H groups in total. The highest BCUT2D eigenvalue weighted by Crippen LogP contribution is 2.33. The van der Waals surface area contributed by atoms with E-state index in [1.807, 2.05) is 12.1 Å². The van der Waals surface area contributed by atoms with E-state index in [0.29, 0.717) is 25.2 Å². The van der Waals surface area contributed by atoms with E-state index in [9.17, 15) is 4.79 Å². The number of carbonyl (C=O) groups is 1. The minimum atomic E-state index is -1.36. The van der Waals surface area contributed by atoms with Crippen LogP contribution in [0.1, 0.15) is 46.0 Å². The summed E-state index contributed by atoms with van der Waals surface area (Å²) in [5.74, 6) is 0.376. The zero-order chi connectivity index (χ0) is 31.4. The van der Waals surface area contributed by atoms with Crippen LogP contribution >= 0.6 is 0 Å². The molecule has 0 spiro atoms. The third-order valence-electron chi connectivity index (χ3n) is 8.59. The van der Waals surface area contributed by atoms with E-state index >= 15 is 0 Å². The van der Waals surface area contributed by atoms with Crippen molar-refractivity contribution >= 4 is 19.2 Å². The molecule has 0 radical (unpaired) electrons. The molecular formula is C38H50O5Si. The van der Waals surface area contributed by atoms with Gasteiger partial charge in [0.2, 0.25) is 0 Å². The number of ether oxygens (including phenoxy) is 4. The lowest BCUT2D eigenvalue weighted by Gasteiger charge is -2.41. The average molecular weight is 615 g/mol. The first-order chi connectivity index (χ1) is 21.2. The van der Waals surface area contributed by atoms with Crippen LogP contribution in [0.25, 0.3) is 22.3 Å². The number of esters is 1. The predicted octanol–water partition coefficient (Wildman–Crippen LogP) is 8.44. The third kappa shape index (κ3) is 9.40. The Hall–Kier alpha value is -3.19. The van der Waals surface area contributed by atoms with Crippen LogP contribution in [0.15, 0.2) is 84.9 Å². The van der Waals surface area contributed by atoms with Gasteiger partial charge in [0.05, 0.1) is 53.3 Å². The van der Waals surface area contributed by atoms with Crippen LogP contribution in [0.2, 0.25) is 19.1 Å². The summed E-state index contributed by atoms with van der Waals surface area (Å²) in [5, 5.41) is 1.54. The van der Waals surface area contributed by atoms with E-state index in [-0.39, 0.29) is 18.6 Å². The maximum Gasteiger partial charge on any atom is 0.335 e. The summed E-state index contributed by atoms with van der Waals surface area (Å²) in [6.07, 6.45) is 5.33. The second kappa shape index (κ2) is 16.2. The van der Waals surface area contributed by atoms with Gasteiger partial charge in [0.1, 0.15) is 5.75 Å². The third-order valence-corrected chi connectivity index (χ3v) is 12.1. The molecule has 1 fully saturated rings. The molecule has 1 heterocycles. The van der Waals surface area contributed by atoms with E-state index in [4.69, 9.17) is 18.9 Å². The summed E-state index contributed by atoms with van der Waals surface area (Å²) < 4.78 is 22.3. The van der Waals surface area contributed by atoms with E-state index in [0.717, 1.165) is 37.4 Å². The molecule has 0 atom stereocenters. The molecule has 3 aromatic rings. The fourth-order valence-electron chi connectivity index (χ4n) is 5.66. The van der Waals surface area contributed by atoms with Crippen LogP contribution in [-0.4, -0.2) is 53.7 Å². The molecule has 0 aromatic heterocycles. The Labute approximate surface area is 265 Å². The highest BCUT2D eigenvalue weighted by atomic mass is 28.3. The molecule has 1 aliphatic rings. The Kier molecular flexibility index (Phi) is 12.4. The maximum atomic E-state index is 12.2. The molecule has 236 valence electrons. The molecule has 3 aromatic carbocycles. The first-order valence-corrected chi connectivity index (χ1v) is 19.4. The molecular weight excluding hydrogens is 564 g/mol. The van der Waals surface area contributed by atoms with Gasteiger partial charge in [-0.25, -0.2) is 4.79 Å². The SMILES string of the molecule is C=C(COCC1(CCC)COC1)C(=O)OCCCOc1ccc(-c2ccc(-c3ccc([Si](C)(C)CCCC)cc3)cc2)cc1. The average Bonchev–Trinajstić information content (AvgIpc) is 3.02. The van der Waals surface area contributed by atoms with Gasteiger partial charge in [-0.3, -0.25) is 0 Å². The van der Waals surface area contributed by atoms with Gasteiger partial charge in [-0.15, -0.1) is 0 Å². The van der Waals surface area contributed by atoms with Gasteiger partial charge in [0.25, 0.3) is 0 Å². The molecule has 44 heavy (non-hydrogen) atoms. The Morgan fingerprint density at radius 1 is 0.818 bits per heavy atom. The fraction of sp³-hybridized carbons (Fsp3) is 0.447. The van der Waals surface area contributed by atoms with Crippen molar-refractivity contribution < 1.29 is 23.7 Å². The first-order valence-electron chi connectivity index (χ1n) is 16.2. The fourth-order valence-corrected chi connectivity index (χ4v) is 8.26. The summed E-state index contributed by atoms with van der Waals surface area (Å²) in [6.45, 7) is 16.2. The summed E-state index contributed by atoms with van der Waals surface area (Å²) in [7, 11) is -1.36. The van der Waals surface area contributed by atoms with Crippen molar-refractivity contribution in [2.24, 2.45) is 5.41 Å². The molecule has 5 nitrogen and oxygen atoms in total. The van der Waals surface area contributed by atoms with Gasteiger partial charge in [0, 0.05) is 11.8 Å². The van der Waals surface area contributed by atoms with Crippen molar-refractivity contribution in [1.29, 1.82) is 0 Å². The summed E-state index contributed by atoms with van der Waals surface area (Å²) >= 11 is 0. The molecule has 0 amide bonds. The molecule has 4 rings (SSSR count). The standard InChI is InChI=1S/C38H50O5Si/c1-6-8-25-44(4,5)36-20-16-34(17-21-36)32-12-10-31(11-13-32)33-14-18-35(19-15-33)42-23-9-24-43-37(39)30(3)26-40-27-38(22-7-2)28-41-29-38/h10-21H,3,6-9,22-29H2,1-2,4-5H3.